The van der Waals surface area contributed by atoms with E-state index in [0.717, 1.165) is 28.8 Å². The van der Waals surface area contributed by atoms with Crippen molar-refractivity contribution in [1.29, 1.82) is 0 Å². The third kappa shape index (κ3) is 3.94. The van der Waals surface area contributed by atoms with Crippen LogP contribution in [-0.2, 0) is 29.0 Å². The highest BCUT2D eigenvalue weighted by molar-refractivity contribution is 7.80. The van der Waals surface area contributed by atoms with E-state index in [9.17, 15) is 18.7 Å². The van der Waals surface area contributed by atoms with Gasteiger partial charge in [-0.1, -0.05) is 24.3 Å². The Morgan fingerprint density at radius 2 is 2.00 bits per heavy atom. The van der Waals surface area contributed by atoms with Gasteiger partial charge in [0.2, 0.25) is 0 Å². The average Bonchev–Trinajstić information content (AvgIpc) is 3.11. The van der Waals surface area contributed by atoms with Gasteiger partial charge in [-0.3, -0.25) is 18.0 Å². The van der Waals surface area contributed by atoms with Crippen molar-refractivity contribution < 1.29 is 23.8 Å². The summed E-state index contributed by atoms with van der Waals surface area (Å²) in [5, 5.41) is 22.9. The van der Waals surface area contributed by atoms with Gasteiger partial charge in [0.1, 0.15) is 12.3 Å². The molecule has 0 radical (unpaired) electrons. The summed E-state index contributed by atoms with van der Waals surface area (Å²) < 4.78 is 27.1. The summed E-state index contributed by atoms with van der Waals surface area (Å²) in [4.78, 5) is 11.1. The minimum atomic E-state index is -2.53. The van der Waals surface area contributed by atoms with Crippen LogP contribution in [0.4, 0.5) is 5.69 Å². The molecular weight excluding hydrogens is 406 g/mol. The Bertz CT molecular complexity index is 1100. The Hall–Kier alpha value is -3.17. The summed E-state index contributed by atoms with van der Waals surface area (Å²) in [6.07, 6.45) is 3.59. The molecule has 0 fully saturated rings. The number of hydrogen-bond acceptors (Lipinski definition) is 5. The van der Waals surface area contributed by atoms with E-state index in [1.807, 2.05) is 18.2 Å². The maximum Gasteiger partial charge on any atom is 0.325 e. The fourth-order valence-corrected chi connectivity index (χ4v) is 4.68. The molecule has 156 valence electrons. The average molecular weight is 426 g/mol. The van der Waals surface area contributed by atoms with Crippen LogP contribution in [0.3, 0.4) is 0 Å². The van der Waals surface area contributed by atoms with Crippen LogP contribution in [0.15, 0.2) is 54.7 Å². The minimum absolute atomic E-state index is 0.159. The number of phenols is 1. The molecule has 1 aliphatic rings. The van der Waals surface area contributed by atoms with Crippen molar-refractivity contribution in [2.24, 2.45) is 0 Å². The van der Waals surface area contributed by atoms with Gasteiger partial charge >= 0.3 is 5.97 Å². The maximum atomic E-state index is 12.2. The van der Waals surface area contributed by atoms with E-state index >= 15 is 0 Å². The summed E-state index contributed by atoms with van der Waals surface area (Å²) in [6.45, 7) is -0.249. The first-order valence-electron chi connectivity index (χ1n) is 9.48. The predicted octanol–water partition coefficient (Wildman–Crippen LogP) is 3.02. The van der Waals surface area contributed by atoms with Crippen molar-refractivity contribution in [1.82, 2.24) is 9.78 Å². The monoisotopic (exact) mass is 426 g/mol. The number of anilines is 1. The summed E-state index contributed by atoms with van der Waals surface area (Å²) in [5.41, 5.74) is 3.69. The lowest BCUT2D eigenvalue weighted by Crippen LogP contribution is -2.33. The first-order chi connectivity index (χ1) is 14.4. The predicted molar refractivity (Wildman–Crippen MR) is 110 cm³/mol. The SMILES string of the molecule is O=C(O)Cn1ncc2c1CCCC2N(c1ccc(-c2cccc(O)c2)cc1)S(=O)[O-]. The van der Waals surface area contributed by atoms with Gasteiger partial charge in [-0.15, -0.1) is 0 Å². The van der Waals surface area contributed by atoms with Crippen molar-refractivity contribution in [2.75, 3.05) is 4.31 Å². The fourth-order valence-electron chi connectivity index (χ4n) is 3.96. The smallest absolute Gasteiger partial charge is 0.325 e. The first-order valence-corrected chi connectivity index (χ1v) is 10.5. The Balaban J connectivity index is 1.67. The molecule has 0 bridgehead atoms. The van der Waals surface area contributed by atoms with Crippen LogP contribution in [0.2, 0.25) is 0 Å². The molecule has 9 heteroatoms. The van der Waals surface area contributed by atoms with Gasteiger partial charge in [-0.05, 0) is 54.7 Å². The van der Waals surface area contributed by atoms with E-state index in [4.69, 9.17) is 5.11 Å². The molecule has 0 saturated carbocycles. The van der Waals surface area contributed by atoms with E-state index in [2.05, 4.69) is 5.10 Å². The van der Waals surface area contributed by atoms with Gasteiger partial charge in [0.05, 0.1) is 12.2 Å². The quantitative estimate of drug-likeness (QED) is 0.585. The van der Waals surface area contributed by atoms with Gasteiger partial charge in [0, 0.05) is 28.2 Å². The van der Waals surface area contributed by atoms with E-state index in [0.29, 0.717) is 18.5 Å². The standard InChI is InChI=1S/C21H21N3O5S/c25-17-4-1-3-15(11-17)14-7-9-16(10-8-14)24(30(28)29)20-6-2-5-19-18(20)12-22-23(19)13-21(26)27/h1,3-4,7-12,20,25H,2,5-6,13H2,(H,26,27)(H,28,29)/p-1. The zero-order chi connectivity index (χ0) is 21.3. The van der Waals surface area contributed by atoms with Crippen LogP contribution in [0.1, 0.15) is 30.1 Å². The molecule has 0 spiro atoms. The first kappa shape index (κ1) is 20.1. The van der Waals surface area contributed by atoms with E-state index in [1.54, 1.807) is 36.5 Å². The number of benzene rings is 2. The molecule has 2 N–H and O–H groups in total. The van der Waals surface area contributed by atoms with E-state index in [-0.39, 0.29) is 12.3 Å². The molecule has 0 amide bonds. The van der Waals surface area contributed by atoms with Crippen LogP contribution >= 0.6 is 0 Å². The number of carboxylic acids is 1. The summed E-state index contributed by atoms with van der Waals surface area (Å²) in [5.74, 6) is -0.832. The molecule has 2 unspecified atom stereocenters. The second-order valence-electron chi connectivity index (χ2n) is 7.15. The second kappa shape index (κ2) is 8.29. The Kier molecular flexibility index (Phi) is 5.56. The summed E-state index contributed by atoms with van der Waals surface area (Å²) in [6, 6.07) is 13.5. The van der Waals surface area contributed by atoms with Crippen LogP contribution in [0.25, 0.3) is 11.1 Å². The number of carbonyl (C=O) groups is 1. The third-order valence-electron chi connectivity index (χ3n) is 5.26. The molecule has 0 saturated heterocycles. The number of aromatic hydroxyl groups is 1. The second-order valence-corrected chi connectivity index (χ2v) is 7.97. The number of aromatic nitrogens is 2. The van der Waals surface area contributed by atoms with Crippen molar-refractivity contribution in [3.05, 3.63) is 66.0 Å². The number of phenolic OH excluding ortho intramolecular Hbond substituents is 1. The van der Waals surface area contributed by atoms with Gasteiger partial charge in [0.15, 0.2) is 0 Å². The van der Waals surface area contributed by atoms with Gasteiger partial charge in [-0.25, -0.2) is 0 Å². The van der Waals surface area contributed by atoms with Crippen LogP contribution in [0, 0.1) is 0 Å². The van der Waals surface area contributed by atoms with Crippen LogP contribution in [0.5, 0.6) is 5.75 Å². The highest BCUT2D eigenvalue weighted by atomic mass is 32.2. The molecule has 4 rings (SSSR count). The van der Waals surface area contributed by atoms with Crippen molar-refractivity contribution >= 4 is 22.9 Å². The highest BCUT2D eigenvalue weighted by Crippen LogP contribution is 2.38. The number of aliphatic carboxylic acids is 1. The summed E-state index contributed by atoms with van der Waals surface area (Å²) in [7, 11) is 0. The molecular formula is C21H20N3O5S-. The zero-order valence-electron chi connectivity index (χ0n) is 16.0. The molecule has 2 atom stereocenters. The topological polar surface area (TPSA) is 119 Å². The normalized spacial score (nSPS) is 16.6. The number of hydrogen-bond donors (Lipinski definition) is 2. The number of rotatable bonds is 6. The summed E-state index contributed by atoms with van der Waals surface area (Å²) >= 11 is -2.53. The maximum absolute atomic E-state index is 12.2. The highest BCUT2D eigenvalue weighted by Gasteiger charge is 2.30. The molecule has 2 aromatic carbocycles. The van der Waals surface area contributed by atoms with E-state index in [1.165, 1.54) is 8.99 Å². The van der Waals surface area contributed by atoms with Crippen molar-refractivity contribution in [3.8, 4) is 16.9 Å². The van der Waals surface area contributed by atoms with Crippen molar-refractivity contribution in [2.45, 2.75) is 31.8 Å². The molecule has 1 aliphatic carbocycles. The zero-order valence-corrected chi connectivity index (χ0v) is 16.8. The molecule has 8 nitrogen and oxygen atoms in total. The van der Waals surface area contributed by atoms with Gasteiger partial charge in [0.25, 0.3) is 0 Å². The Morgan fingerprint density at radius 1 is 1.23 bits per heavy atom. The minimum Gasteiger partial charge on any atom is -0.755 e. The molecule has 0 aliphatic heterocycles. The Labute approximate surface area is 175 Å². The van der Waals surface area contributed by atoms with Gasteiger partial charge in [-0.2, -0.15) is 5.10 Å². The van der Waals surface area contributed by atoms with Crippen LogP contribution in [-0.4, -0.2) is 34.7 Å². The Morgan fingerprint density at radius 3 is 2.67 bits per heavy atom. The molecule has 1 heterocycles. The number of fused-ring (bicyclic) bond motifs is 1. The molecule has 30 heavy (non-hydrogen) atoms. The van der Waals surface area contributed by atoms with Gasteiger partial charge < -0.3 is 14.8 Å². The number of carboxylic acid groups (broad SMARTS) is 1. The lowest BCUT2D eigenvalue weighted by atomic mass is 9.92. The lowest BCUT2D eigenvalue weighted by Gasteiger charge is -2.37. The van der Waals surface area contributed by atoms with Crippen molar-refractivity contribution in [3.63, 3.8) is 0 Å². The fraction of sp³-hybridized carbons (Fsp3) is 0.238. The lowest BCUT2D eigenvalue weighted by molar-refractivity contribution is -0.137. The molecule has 3 aromatic rings. The van der Waals surface area contributed by atoms with E-state index < -0.39 is 23.3 Å². The van der Waals surface area contributed by atoms with Crippen LogP contribution < -0.4 is 4.31 Å². The molecule has 1 aromatic heterocycles. The largest absolute Gasteiger partial charge is 0.755 e. The third-order valence-corrected chi connectivity index (χ3v) is 6.05. The number of nitrogens with zero attached hydrogens (tertiary/aromatic N) is 3.